The van der Waals surface area contributed by atoms with Crippen molar-refractivity contribution in [2.24, 2.45) is 0 Å². The Hall–Kier alpha value is -2.68. The van der Waals surface area contributed by atoms with Gasteiger partial charge in [-0.1, -0.05) is 25.1 Å². The second-order valence-electron chi connectivity index (χ2n) is 10.5. The van der Waals surface area contributed by atoms with E-state index in [4.69, 9.17) is 9.47 Å². The van der Waals surface area contributed by atoms with Gasteiger partial charge in [-0.3, -0.25) is 9.69 Å². The van der Waals surface area contributed by atoms with Crippen LogP contribution in [-0.4, -0.2) is 73.3 Å². The molecule has 8 heteroatoms. The van der Waals surface area contributed by atoms with Crippen molar-refractivity contribution < 1.29 is 18.7 Å². The normalized spacial score (nSPS) is 22.4. The number of nitrogens with one attached hydrogen (secondary N) is 2. The third kappa shape index (κ3) is 6.61. The summed E-state index contributed by atoms with van der Waals surface area (Å²) >= 11 is 0. The van der Waals surface area contributed by atoms with Crippen LogP contribution in [0, 0.1) is 5.82 Å². The number of fused-ring (bicyclic) bond motifs is 1. The molecule has 2 saturated heterocycles. The summed E-state index contributed by atoms with van der Waals surface area (Å²) in [6, 6.07) is 13.1. The van der Waals surface area contributed by atoms with Gasteiger partial charge in [-0.05, 0) is 87.1 Å². The van der Waals surface area contributed by atoms with Crippen LogP contribution in [0.4, 0.5) is 4.39 Å². The first-order chi connectivity index (χ1) is 18.1. The number of amides is 1. The summed E-state index contributed by atoms with van der Waals surface area (Å²) in [7, 11) is 0. The van der Waals surface area contributed by atoms with Gasteiger partial charge in [0, 0.05) is 31.7 Å². The van der Waals surface area contributed by atoms with Crippen molar-refractivity contribution in [3.8, 4) is 11.5 Å². The number of carbonyl (C=O) groups excluding carboxylic acids is 1. The van der Waals surface area contributed by atoms with Gasteiger partial charge in [0.25, 0.3) is 0 Å². The van der Waals surface area contributed by atoms with Crippen LogP contribution >= 0.6 is 0 Å². The molecule has 3 aliphatic heterocycles. The fourth-order valence-electron chi connectivity index (χ4n) is 5.91. The molecule has 0 unspecified atom stereocenters. The van der Waals surface area contributed by atoms with E-state index in [-0.39, 0.29) is 30.6 Å². The monoisotopic (exact) mass is 510 g/mol. The Morgan fingerprint density at radius 1 is 1.08 bits per heavy atom. The molecule has 1 amide bonds. The number of carbonyl (C=O) groups is 1. The minimum Gasteiger partial charge on any atom is -0.454 e. The van der Waals surface area contributed by atoms with Crippen LogP contribution in [0.5, 0.6) is 11.5 Å². The summed E-state index contributed by atoms with van der Waals surface area (Å²) < 4.78 is 24.5. The number of rotatable bonds is 10. The van der Waals surface area contributed by atoms with Crippen LogP contribution < -0.4 is 20.1 Å². The summed E-state index contributed by atoms with van der Waals surface area (Å²) in [5.74, 6) is 1.43. The molecule has 7 nitrogen and oxygen atoms in total. The summed E-state index contributed by atoms with van der Waals surface area (Å²) in [4.78, 5) is 18.4. The number of likely N-dealkylation sites (tertiary alicyclic amines) is 2. The molecule has 2 aromatic carbocycles. The van der Waals surface area contributed by atoms with Crippen molar-refractivity contribution in [1.29, 1.82) is 0 Å². The molecule has 0 saturated carbocycles. The van der Waals surface area contributed by atoms with Gasteiger partial charge >= 0.3 is 0 Å². The first-order valence-corrected chi connectivity index (χ1v) is 13.7. The number of piperidine rings is 1. The Balaban J connectivity index is 1.18. The highest BCUT2D eigenvalue weighted by atomic mass is 19.1. The molecular weight excluding hydrogens is 471 g/mol. The van der Waals surface area contributed by atoms with E-state index in [2.05, 4.69) is 27.4 Å². The molecule has 0 aliphatic carbocycles. The third-order valence-electron chi connectivity index (χ3n) is 7.84. The van der Waals surface area contributed by atoms with Crippen LogP contribution in [-0.2, 0) is 17.8 Å². The maximum atomic E-state index is 13.6. The highest BCUT2D eigenvalue weighted by Crippen LogP contribution is 2.32. The van der Waals surface area contributed by atoms with Gasteiger partial charge in [0.15, 0.2) is 11.5 Å². The van der Waals surface area contributed by atoms with Crippen molar-refractivity contribution in [3.05, 3.63) is 59.4 Å². The molecule has 3 aliphatic rings. The van der Waals surface area contributed by atoms with E-state index in [0.29, 0.717) is 19.1 Å². The van der Waals surface area contributed by atoms with Gasteiger partial charge in [0.1, 0.15) is 5.82 Å². The van der Waals surface area contributed by atoms with Crippen molar-refractivity contribution in [3.63, 3.8) is 0 Å². The zero-order valence-corrected chi connectivity index (χ0v) is 21.8. The molecule has 2 fully saturated rings. The quantitative estimate of drug-likeness (QED) is 0.511. The number of ether oxygens (including phenoxy) is 2. The van der Waals surface area contributed by atoms with Crippen LogP contribution in [0.15, 0.2) is 42.5 Å². The van der Waals surface area contributed by atoms with Gasteiger partial charge in [-0.15, -0.1) is 0 Å². The maximum absolute atomic E-state index is 13.6. The summed E-state index contributed by atoms with van der Waals surface area (Å²) in [5.41, 5.74) is 2.04. The zero-order chi connectivity index (χ0) is 25.6. The Bertz CT molecular complexity index is 1060. The molecule has 37 heavy (non-hydrogen) atoms. The van der Waals surface area contributed by atoms with Gasteiger partial charge in [0.05, 0.1) is 6.04 Å². The average Bonchev–Trinajstić information content (AvgIpc) is 3.55. The predicted molar refractivity (Wildman–Crippen MR) is 141 cm³/mol. The second-order valence-corrected chi connectivity index (χ2v) is 10.5. The van der Waals surface area contributed by atoms with Gasteiger partial charge in [-0.2, -0.15) is 0 Å². The average molecular weight is 511 g/mol. The summed E-state index contributed by atoms with van der Waals surface area (Å²) in [6.07, 6.45) is 4.87. The molecule has 0 aromatic heterocycles. The van der Waals surface area contributed by atoms with Gasteiger partial charge in [-0.25, -0.2) is 4.39 Å². The fraction of sp³-hybridized carbons (Fsp3) is 0.552. The summed E-state index contributed by atoms with van der Waals surface area (Å²) in [5, 5.41) is 6.79. The molecule has 2 N–H and O–H groups in total. The number of halogens is 1. The number of hydrogen-bond acceptors (Lipinski definition) is 6. The predicted octanol–water partition coefficient (Wildman–Crippen LogP) is 3.32. The number of nitrogens with zero attached hydrogens (tertiary/aromatic N) is 2. The Morgan fingerprint density at radius 2 is 1.92 bits per heavy atom. The molecule has 2 atom stereocenters. The van der Waals surface area contributed by atoms with E-state index in [9.17, 15) is 9.18 Å². The lowest BCUT2D eigenvalue weighted by molar-refractivity contribution is -0.126. The van der Waals surface area contributed by atoms with Crippen LogP contribution in [0.3, 0.4) is 0 Å². The smallest absolute Gasteiger partial charge is 0.237 e. The van der Waals surface area contributed by atoms with Crippen molar-refractivity contribution in [2.75, 3.05) is 39.5 Å². The zero-order valence-electron chi connectivity index (χ0n) is 21.8. The number of benzene rings is 2. The van der Waals surface area contributed by atoms with Crippen molar-refractivity contribution in [2.45, 2.75) is 63.7 Å². The van der Waals surface area contributed by atoms with E-state index < -0.39 is 0 Å². The Morgan fingerprint density at radius 3 is 2.73 bits per heavy atom. The fourth-order valence-corrected chi connectivity index (χ4v) is 5.91. The van der Waals surface area contributed by atoms with Crippen LogP contribution in [0.25, 0.3) is 0 Å². The first-order valence-electron chi connectivity index (χ1n) is 13.7. The van der Waals surface area contributed by atoms with E-state index in [1.54, 1.807) is 12.1 Å². The molecule has 0 bridgehead atoms. The minimum atomic E-state index is -0.217. The van der Waals surface area contributed by atoms with Crippen LogP contribution in [0.1, 0.15) is 43.7 Å². The lowest BCUT2D eigenvalue weighted by atomic mass is 10.0. The van der Waals surface area contributed by atoms with E-state index in [0.717, 1.165) is 74.5 Å². The molecule has 0 spiro atoms. The van der Waals surface area contributed by atoms with E-state index in [1.165, 1.54) is 12.5 Å². The van der Waals surface area contributed by atoms with E-state index in [1.807, 2.05) is 24.3 Å². The standard InChI is InChI=1S/C29H39FN4O3/c1-2-12-33-13-9-25(10-14-33)34-19-24(32-18-22-4-3-5-23(30)15-22)17-26(34)29(35)31-11-8-21-6-7-27-28(16-21)37-20-36-27/h3-7,15-16,24-26,32H,2,8-14,17-20H2,1H3,(H,31,35)/t24-,26-/m0/s1. The topological polar surface area (TPSA) is 66.1 Å². The van der Waals surface area contributed by atoms with Crippen LogP contribution in [0.2, 0.25) is 0 Å². The van der Waals surface area contributed by atoms with Gasteiger partial charge < -0.3 is 25.0 Å². The third-order valence-corrected chi connectivity index (χ3v) is 7.84. The molecule has 5 rings (SSSR count). The lowest BCUT2D eigenvalue weighted by Gasteiger charge is -2.39. The van der Waals surface area contributed by atoms with Gasteiger partial charge in [0.2, 0.25) is 12.7 Å². The molecule has 200 valence electrons. The number of hydrogen-bond donors (Lipinski definition) is 2. The summed E-state index contributed by atoms with van der Waals surface area (Å²) in [6.45, 7) is 7.85. The highest BCUT2D eigenvalue weighted by molar-refractivity contribution is 5.82. The second kappa shape index (κ2) is 12.2. The van der Waals surface area contributed by atoms with Crippen molar-refractivity contribution >= 4 is 5.91 Å². The minimum absolute atomic E-state index is 0.104. The first kappa shape index (κ1) is 25.9. The maximum Gasteiger partial charge on any atom is 0.237 e. The Labute approximate surface area is 219 Å². The Kier molecular flexibility index (Phi) is 8.59. The molecular formula is C29H39FN4O3. The largest absolute Gasteiger partial charge is 0.454 e. The molecule has 2 aromatic rings. The molecule has 3 heterocycles. The molecule has 0 radical (unpaired) electrons. The SMILES string of the molecule is CCCN1CCC(N2C[C@@H](NCc3cccc(F)c3)C[C@H]2C(=O)NCCc2ccc3c(c2)OCO3)CC1. The lowest BCUT2D eigenvalue weighted by Crippen LogP contribution is -2.51. The van der Waals surface area contributed by atoms with Crippen molar-refractivity contribution in [1.82, 2.24) is 20.4 Å². The van der Waals surface area contributed by atoms with E-state index >= 15 is 0 Å². The highest BCUT2D eigenvalue weighted by Gasteiger charge is 2.40.